The molecule has 1 N–H and O–H groups in total. The summed E-state index contributed by atoms with van der Waals surface area (Å²) in [5.74, 6) is 0.413. The van der Waals surface area contributed by atoms with Crippen LogP contribution in [0, 0.1) is 0 Å². The van der Waals surface area contributed by atoms with Crippen LogP contribution in [-0.4, -0.2) is 44.1 Å². The number of rotatable bonds is 2. The van der Waals surface area contributed by atoms with Gasteiger partial charge in [0, 0.05) is 31.5 Å². The molecule has 29 heavy (non-hydrogen) atoms. The Morgan fingerprint density at radius 1 is 1.17 bits per heavy atom. The molecule has 0 spiro atoms. The summed E-state index contributed by atoms with van der Waals surface area (Å²) < 4.78 is 6.95. The first-order valence-corrected chi connectivity index (χ1v) is 9.95. The number of nitrogens with zero attached hydrogens (tertiary/aromatic N) is 3. The maximum absolute atomic E-state index is 12.2. The van der Waals surface area contributed by atoms with Gasteiger partial charge in [-0.25, -0.2) is 14.6 Å². The highest BCUT2D eigenvalue weighted by Gasteiger charge is 2.27. The van der Waals surface area contributed by atoms with Crippen molar-refractivity contribution in [2.45, 2.75) is 45.1 Å². The van der Waals surface area contributed by atoms with Gasteiger partial charge in [-0.05, 0) is 50.7 Å². The van der Waals surface area contributed by atoms with E-state index in [4.69, 9.17) is 4.74 Å². The second kappa shape index (κ2) is 7.39. The number of aromatic amines is 1. The lowest BCUT2D eigenvalue weighted by Crippen LogP contribution is -2.41. The highest BCUT2D eigenvalue weighted by atomic mass is 16.6. The van der Waals surface area contributed by atoms with Crippen LogP contribution in [0.15, 0.2) is 47.5 Å². The van der Waals surface area contributed by atoms with E-state index in [-0.39, 0.29) is 11.8 Å². The Balaban J connectivity index is 1.43. The van der Waals surface area contributed by atoms with Crippen LogP contribution in [0.4, 0.5) is 4.79 Å². The number of piperidine rings is 1. The average molecular weight is 394 g/mol. The minimum absolute atomic E-state index is 0.200. The molecule has 3 heterocycles. The number of nitrogens with one attached hydrogen (secondary N) is 1. The molecular formula is C22H26N4O3. The van der Waals surface area contributed by atoms with Gasteiger partial charge in [0.2, 0.25) is 0 Å². The Bertz CT molecular complexity index is 1070. The fourth-order valence-corrected chi connectivity index (χ4v) is 3.75. The first-order chi connectivity index (χ1) is 13.8. The number of hydrogen-bond donors (Lipinski definition) is 1. The van der Waals surface area contributed by atoms with Crippen molar-refractivity contribution in [3.63, 3.8) is 0 Å². The van der Waals surface area contributed by atoms with E-state index in [2.05, 4.69) is 22.1 Å². The molecule has 7 heteroatoms. The zero-order valence-electron chi connectivity index (χ0n) is 17.0. The van der Waals surface area contributed by atoms with Gasteiger partial charge in [0.05, 0.1) is 5.69 Å². The highest BCUT2D eigenvalue weighted by molar-refractivity contribution is 5.68. The van der Waals surface area contributed by atoms with Gasteiger partial charge in [0.15, 0.2) is 0 Å². The maximum Gasteiger partial charge on any atom is 0.410 e. The molecule has 1 saturated heterocycles. The molecule has 0 aliphatic carbocycles. The Kier molecular flexibility index (Phi) is 4.90. The summed E-state index contributed by atoms with van der Waals surface area (Å²) in [4.78, 5) is 33.3. The molecule has 1 aromatic carbocycles. The third-order valence-corrected chi connectivity index (χ3v) is 5.24. The van der Waals surface area contributed by atoms with Crippen molar-refractivity contribution in [2.75, 3.05) is 13.1 Å². The first-order valence-electron chi connectivity index (χ1n) is 9.95. The Hall–Kier alpha value is -3.09. The van der Waals surface area contributed by atoms with E-state index in [1.165, 1.54) is 9.96 Å². The van der Waals surface area contributed by atoms with Crippen LogP contribution in [0.3, 0.4) is 0 Å². The van der Waals surface area contributed by atoms with E-state index in [9.17, 15) is 9.59 Å². The van der Waals surface area contributed by atoms with E-state index < -0.39 is 5.60 Å². The molecule has 4 rings (SSSR count). The van der Waals surface area contributed by atoms with Gasteiger partial charge in [0.1, 0.15) is 11.2 Å². The number of carbonyl (C=O) groups excluding carboxylic acids is 1. The van der Waals surface area contributed by atoms with Gasteiger partial charge in [0.25, 0.3) is 0 Å². The van der Waals surface area contributed by atoms with Gasteiger partial charge in [-0.2, -0.15) is 0 Å². The molecule has 0 unspecified atom stereocenters. The molecule has 0 radical (unpaired) electrons. The number of ether oxygens (including phenoxy) is 1. The van der Waals surface area contributed by atoms with Crippen LogP contribution in [0.25, 0.3) is 16.9 Å². The largest absolute Gasteiger partial charge is 0.444 e. The van der Waals surface area contributed by atoms with Crippen LogP contribution in [0.1, 0.15) is 45.1 Å². The summed E-state index contributed by atoms with van der Waals surface area (Å²) in [5, 5.41) is 0. The average Bonchev–Trinajstić information content (AvgIpc) is 3.16. The van der Waals surface area contributed by atoms with E-state index in [1.54, 1.807) is 17.3 Å². The molecular weight excluding hydrogens is 368 g/mol. The molecule has 0 saturated carbocycles. The second-order valence-electron chi connectivity index (χ2n) is 8.51. The SMILES string of the molecule is CC(C)(C)OC(=O)N1CCC(c2ccc(-c3cc4nccn4c(=O)[nH]3)cc2)CC1. The third-order valence-electron chi connectivity index (χ3n) is 5.24. The molecule has 7 nitrogen and oxygen atoms in total. The topological polar surface area (TPSA) is 79.7 Å². The summed E-state index contributed by atoms with van der Waals surface area (Å²) in [6.45, 7) is 7.06. The zero-order valence-corrected chi connectivity index (χ0v) is 17.0. The molecule has 0 atom stereocenters. The predicted molar refractivity (Wildman–Crippen MR) is 111 cm³/mol. The van der Waals surface area contributed by atoms with E-state index in [1.807, 2.05) is 39.0 Å². The normalized spacial score (nSPS) is 15.6. The summed E-state index contributed by atoms with van der Waals surface area (Å²) >= 11 is 0. The van der Waals surface area contributed by atoms with E-state index in [0.717, 1.165) is 24.1 Å². The number of likely N-dealkylation sites (tertiary alicyclic amines) is 1. The number of carbonyl (C=O) groups is 1. The maximum atomic E-state index is 12.2. The lowest BCUT2D eigenvalue weighted by molar-refractivity contribution is 0.0205. The van der Waals surface area contributed by atoms with Crippen LogP contribution in [0.2, 0.25) is 0 Å². The molecule has 0 bridgehead atoms. The Labute approximate surface area is 169 Å². The number of H-pyrrole nitrogens is 1. The summed E-state index contributed by atoms with van der Waals surface area (Å²) in [6.07, 6.45) is 4.85. The molecule has 152 valence electrons. The Morgan fingerprint density at radius 3 is 2.52 bits per heavy atom. The van der Waals surface area contributed by atoms with Crippen LogP contribution < -0.4 is 5.69 Å². The first kappa shape index (κ1) is 19.2. The molecule has 1 aliphatic heterocycles. The van der Waals surface area contributed by atoms with Crippen molar-refractivity contribution in [1.82, 2.24) is 19.3 Å². The second-order valence-corrected chi connectivity index (χ2v) is 8.51. The van der Waals surface area contributed by atoms with E-state index in [0.29, 0.717) is 24.7 Å². The van der Waals surface area contributed by atoms with Crippen molar-refractivity contribution in [2.24, 2.45) is 0 Å². The van der Waals surface area contributed by atoms with Gasteiger partial charge in [-0.3, -0.25) is 4.40 Å². The smallest absolute Gasteiger partial charge is 0.410 e. The molecule has 1 aliphatic rings. The summed E-state index contributed by atoms with van der Waals surface area (Å²) in [7, 11) is 0. The van der Waals surface area contributed by atoms with Crippen LogP contribution >= 0.6 is 0 Å². The molecule has 1 fully saturated rings. The standard InChI is InChI=1S/C22H26N4O3/c1-22(2,3)29-21(28)25-11-8-16(9-12-25)15-4-6-17(7-5-15)18-14-19-23-10-13-26(19)20(27)24-18/h4-7,10,13-14,16H,8-9,11-12H2,1-3H3,(H,24,27). The highest BCUT2D eigenvalue weighted by Crippen LogP contribution is 2.30. The predicted octanol–water partition coefficient (Wildman–Crippen LogP) is 3.80. The number of imidazole rings is 1. The molecule has 3 aromatic rings. The van der Waals surface area contributed by atoms with Gasteiger partial charge in [-0.1, -0.05) is 24.3 Å². The lowest BCUT2D eigenvalue weighted by atomic mass is 9.89. The lowest BCUT2D eigenvalue weighted by Gasteiger charge is -2.33. The quantitative estimate of drug-likeness (QED) is 0.717. The van der Waals surface area contributed by atoms with Gasteiger partial charge >= 0.3 is 11.8 Å². The monoisotopic (exact) mass is 394 g/mol. The number of hydrogen-bond acceptors (Lipinski definition) is 4. The van der Waals surface area contributed by atoms with Crippen molar-refractivity contribution in [3.8, 4) is 11.3 Å². The number of fused-ring (bicyclic) bond motifs is 1. The molecule has 2 aromatic heterocycles. The minimum Gasteiger partial charge on any atom is -0.444 e. The van der Waals surface area contributed by atoms with Crippen LogP contribution in [0.5, 0.6) is 0 Å². The third kappa shape index (κ3) is 4.18. The van der Waals surface area contributed by atoms with Crippen LogP contribution in [-0.2, 0) is 4.74 Å². The van der Waals surface area contributed by atoms with Crippen molar-refractivity contribution >= 4 is 11.7 Å². The fraction of sp³-hybridized carbons (Fsp3) is 0.409. The zero-order chi connectivity index (χ0) is 20.6. The van der Waals surface area contributed by atoms with Crippen molar-refractivity contribution in [1.29, 1.82) is 0 Å². The summed E-state index contributed by atoms with van der Waals surface area (Å²) in [6, 6.07) is 10.1. The van der Waals surface area contributed by atoms with Gasteiger partial charge < -0.3 is 14.6 Å². The molecule has 1 amide bonds. The van der Waals surface area contributed by atoms with E-state index >= 15 is 0 Å². The van der Waals surface area contributed by atoms with Crippen molar-refractivity contribution in [3.05, 3.63) is 58.8 Å². The fourth-order valence-electron chi connectivity index (χ4n) is 3.75. The summed E-state index contributed by atoms with van der Waals surface area (Å²) in [5.41, 5.74) is 2.91. The van der Waals surface area contributed by atoms with Gasteiger partial charge in [-0.15, -0.1) is 0 Å². The van der Waals surface area contributed by atoms with Crippen molar-refractivity contribution < 1.29 is 9.53 Å². The number of benzene rings is 1. The number of amides is 1. The number of aromatic nitrogens is 3. The Morgan fingerprint density at radius 2 is 1.86 bits per heavy atom. The minimum atomic E-state index is -0.468.